The first-order valence-corrected chi connectivity index (χ1v) is 7.81. The van der Waals surface area contributed by atoms with Gasteiger partial charge in [0.2, 0.25) is 0 Å². The summed E-state index contributed by atoms with van der Waals surface area (Å²) in [6.45, 7) is 10.5. The first-order valence-electron chi connectivity index (χ1n) is 7.81. The van der Waals surface area contributed by atoms with E-state index in [4.69, 9.17) is 0 Å². The normalized spacial score (nSPS) is 18.4. The molecule has 0 aliphatic carbocycles. The second-order valence-electron chi connectivity index (χ2n) is 5.75. The van der Waals surface area contributed by atoms with Crippen molar-refractivity contribution in [3.05, 3.63) is 35.4 Å². The van der Waals surface area contributed by atoms with E-state index in [1.54, 1.807) is 0 Å². The van der Waals surface area contributed by atoms with Crippen molar-refractivity contribution in [1.29, 1.82) is 0 Å². The van der Waals surface area contributed by atoms with Crippen molar-refractivity contribution in [3.63, 3.8) is 0 Å². The Labute approximate surface area is 118 Å². The number of hydrogen-bond acceptors (Lipinski definition) is 2. The fourth-order valence-corrected chi connectivity index (χ4v) is 2.69. The van der Waals surface area contributed by atoms with Crippen LogP contribution >= 0.6 is 0 Å². The minimum absolute atomic E-state index is 0.690. The molecule has 1 aromatic carbocycles. The van der Waals surface area contributed by atoms with E-state index in [1.165, 1.54) is 50.0 Å². The highest BCUT2D eigenvalue weighted by atomic mass is 15.2. The van der Waals surface area contributed by atoms with Gasteiger partial charge in [0.25, 0.3) is 0 Å². The first-order chi connectivity index (χ1) is 9.29. The van der Waals surface area contributed by atoms with Gasteiger partial charge in [-0.25, -0.2) is 0 Å². The van der Waals surface area contributed by atoms with E-state index in [-0.39, 0.29) is 0 Å². The van der Waals surface area contributed by atoms with Gasteiger partial charge in [-0.3, -0.25) is 0 Å². The predicted molar refractivity (Wildman–Crippen MR) is 82.8 cm³/mol. The largest absolute Gasteiger partial charge is 0.314 e. The quantitative estimate of drug-likeness (QED) is 0.846. The zero-order valence-corrected chi connectivity index (χ0v) is 12.5. The van der Waals surface area contributed by atoms with E-state index in [2.05, 4.69) is 48.3 Å². The molecule has 0 spiro atoms. The summed E-state index contributed by atoms with van der Waals surface area (Å²) >= 11 is 0. The summed E-state index contributed by atoms with van der Waals surface area (Å²) in [5.74, 6) is 0.690. The third-order valence-electron chi connectivity index (χ3n) is 4.31. The molecule has 0 radical (unpaired) electrons. The Bertz CT molecular complexity index is 352. The molecule has 1 saturated heterocycles. The molecule has 1 heterocycles. The highest BCUT2D eigenvalue weighted by molar-refractivity contribution is 5.25. The molecule has 1 fully saturated rings. The molecule has 1 N–H and O–H groups in total. The van der Waals surface area contributed by atoms with Crippen LogP contribution in [0.25, 0.3) is 0 Å². The van der Waals surface area contributed by atoms with E-state index >= 15 is 0 Å². The van der Waals surface area contributed by atoms with Gasteiger partial charge in [-0.05, 0) is 42.9 Å². The van der Waals surface area contributed by atoms with Gasteiger partial charge >= 0.3 is 0 Å². The van der Waals surface area contributed by atoms with Crippen molar-refractivity contribution in [2.75, 3.05) is 32.7 Å². The molecule has 1 aliphatic rings. The van der Waals surface area contributed by atoms with Gasteiger partial charge in [0.15, 0.2) is 0 Å². The zero-order chi connectivity index (χ0) is 13.5. The third-order valence-corrected chi connectivity index (χ3v) is 4.31. The van der Waals surface area contributed by atoms with Crippen molar-refractivity contribution in [3.8, 4) is 0 Å². The Balaban J connectivity index is 1.73. The fraction of sp³-hybridized carbons (Fsp3) is 0.647. The lowest BCUT2D eigenvalue weighted by Gasteiger charge is -2.27. The molecule has 2 nitrogen and oxygen atoms in total. The van der Waals surface area contributed by atoms with Gasteiger partial charge in [-0.1, -0.05) is 38.1 Å². The summed E-state index contributed by atoms with van der Waals surface area (Å²) in [5, 5.41) is 3.40. The average Bonchev–Trinajstić information content (AvgIpc) is 2.48. The second kappa shape index (κ2) is 7.66. The molecule has 1 aliphatic heterocycles. The van der Waals surface area contributed by atoms with Crippen LogP contribution in [0.4, 0.5) is 0 Å². The van der Waals surface area contributed by atoms with Crippen LogP contribution in [0.15, 0.2) is 24.3 Å². The molecule has 2 heteroatoms. The van der Waals surface area contributed by atoms with Crippen LogP contribution in [-0.2, 0) is 6.42 Å². The molecule has 2 rings (SSSR count). The maximum Gasteiger partial charge on any atom is 0.0107 e. The third kappa shape index (κ3) is 4.63. The number of hydrogen-bond donors (Lipinski definition) is 1. The second-order valence-corrected chi connectivity index (χ2v) is 5.75. The Hall–Kier alpha value is -0.860. The van der Waals surface area contributed by atoms with Crippen molar-refractivity contribution in [2.24, 2.45) is 0 Å². The van der Waals surface area contributed by atoms with Crippen LogP contribution in [0.3, 0.4) is 0 Å². The molecule has 1 unspecified atom stereocenters. The van der Waals surface area contributed by atoms with Gasteiger partial charge in [0.05, 0.1) is 0 Å². The summed E-state index contributed by atoms with van der Waals surface area (Å²) in [4.78, 5) is 2.57. The topological polar surface area (TPSA) is 15.3 Å². The summed E-state index contributed by atoms with van der Waals surface area (Å²) in [6, 6.07) is 9.27. The Morgan fingerprint density at radius 3 is 2.47 bits per heavy atom. The van der Waals surface area contributed by atoms with Crippen molar-refractivity contribution in [2.45, 2.75) is 39.0 Å². The molecule has 0 bridgehead atoms. The van der Waals surface area contributed by atoms with Crippen LogP contribution in [0, 0.1) is 0 Å². The number of nitrogens with zero attached hydrogens (tertiary/aromatic N) is 1. The van der Waals surface area contributed by atoms with Crippen LogP contribution in [0.5, 0.6) is 0 Å². The molecule has 0 amide bonds. The van der Waals surface area contributed by atoms with Crippen LogP contribution in [0.2, 0.25) is 0 Å². The number of rotatable bonds is 6. The minimum Gasteiger partial charge on any atom is -0.314 e. The molecule has 0 saturated carbocycles. The molecular weight excluding hydrogens is 232 g/mol. The lowest BCUT2D eigenvalue weighted by atomic mass is 9.97. The van der Waals surface area contributed by atoms with E-state index in [0.717, 1.165) is 13.1 Å². The maximum absolute atomic E-state index is 3.40. The summed E-state index contributed by atoms with van der Waals surface area (Å²) in [5.41, 5.74) is 2.97. The number of nitrogens with one attached hydrogen (secondary N) is 1. The fourth-order valence-electron chi connectivity index (χ4n) is 2.69. The SMILES string of the molecule is CCC(C)c1ccc(CCCN2CCNCC2)cc1. The van der Waals surface area contributed by atoms with Crippen molar-refractivity contribution in [1.82, 2.24) is 10.2 Å². The molecule has 106 valence electrons. The predicted octanol–water partition coefficient (Wildman–Crippen LogP) is 3.04. The van der Waals surface area contributed by atoms with Crippen LogP contribution < -0.4 is 5.32 Å². The number of benzene rings is 1. The van der Waals surface area contributed by atoms with Gasteiger partial charge in [-0.15, -0.1) is 0 Å². The lowest BCUT2D eigenvalue weighted by molar-refractivity contribution is 0.238. The van der Waals surface area contributed by atoms with E-state index in [9.17, 15) is 0 Å². The van der Waals surface area contributed by atoms with Gasteiger partial charge in [0.1, 0.15) is 0 Å². The molecule has 1 aromatic rings. The molecular formula is C17H28N2. The highest BCUT2D eigenvalue weighted by Crippen LogP contribution is 2.19. The van der Waals surface area contributed by atoms with Crippen molar-refractivity contribution >= 4 is 0 Å². The summed E-state index contributed by atoms with van der Waals surface area (Å²) in [6.07, 6.45) is 3.72. The number of aryl methyl sites for hydroxylation is 1. The maximum atomic E-state index is 3.40. The summed E-state index contributed by atoms with van der Waals surface area (Å²) in [7, 11) is 0. The first kappa shape index (κ1) is 14.5. The Morgan fingerprint density at radius 1 is 1.16 bits per heavy atom. The highest BCUT2D eigenvalue weighted by Gasteiger charge is 2.08. The molecule has 0 aromatic heterocycles. The van der Waals surface area contributed by atoms with Gasteiger partial charge in [-0.2, -0.15) is 0 Å². The monoisotopic (exact) mass is 260 g/mol. The van der Waals surface area contributed by atoms with Gasteiger partial charge in [0, 0.05) is 26.2 Å². The Morgan fingerprint density at radius 2 is 1.84 bits per heavy atom. The van der Waals surface area contributed by atoms with E-state index in [1.807, 2.05) is 0 Å². The Kier molecular flexibility index (Phi) is 5.87. The molecule has 19 heavy (non-hydrogen) atoms. The summed E-state index contributed by atoms with van der Waals surface area (Å²) < 4.78 is 0. The van der Waals surface area contributed by atoms with Gasteiger partial charge < -0.3 is 10.2 Å². The smallest absolute Gasteiger partial charge is 0.0107 e. The lowest BCUT2D eigenvalue weighted by Crippen LogP contribution is -2.43. The van der Waals surface area contributed by atoms with Crippen LogP contribution in [0.1, 0.15) is 43.7 Å². The number of piperazine rings is 1. The van der Waals surface area contributed by atoms with Crippen LogP contribution in [-0.4, -0.2) is 37.6 Å². The molecule has 1 atom stereocenters. The average molecular weight is 260 g/mol. The zero-order valence-electron chi connectivity index (χ0n) is 12.5. The standard InChI is InChI=1S/C17H28N2/c1-3-15(2)17-8-6-16(7-9-17)5-4-12-19-13-10-18-11-14-19/h6-9,15,18H,3-5,10-14H2,1-2H3. The van der Waals surface area contributed by atoms with E-state index < -0.39 is 0 Å². The minimum atomic E-state index is 0.690. The van der Waals surface area contributed by atoms with E-state index in [0.29, 0.717) is 5.92 Å². The van der Waals surface area contributed by atoms with Crippen molar-refractivity contribution < 1.29 is 0 Å².